The normalized spacial score (nSPS) is 20.3. The number of β-amino-alcohol motifs (C(OH)–C–C–N with tert-alkyl or cyclic N) is 1. The van der Waals surface area contributed by atoms with E-state index in [1.807, 2.05) is 30.3 Å². The molecule has 1 heterocycles. The summed E-state index contributed by atoms with van der Waals surface area (Å²) in [5.74, 6) is -1.28. The number of likely N-dealkylation sites (tertiary alicyclic amines) is 1. The number of methoxy groups -OCH3 is 1. The van der Waals surface area contributed by atoms with Gasteiger partial charge in [0.05, 0.1) is 13.2 Å². The molecular weight excluding hydrogens is 352 g/mol. The molecule has 0 aromatic heterocycles. The van der Waals surface area contributed by atoms with Gasteiger partial charge >= 0.3 is 12.1 Å². The van der Waals surface area contributed by atoms with Crippen LogP contribution < -0.4 is 5.32 Å². The fourth-order valence-corrected chi connectivity index (χ4v) is 3.00. The van der Waals surface area contributed by atoms with E-state index in [0.29, 0.717) is 0 Å². The molecule has 2 N–H and O–H groups in total. The lowest BCUT2D eigenvalue weighted by molar-refractivity contribution is -0.151. The molecule has 8 heteroatoms. The van der Waals surface area contributed by atoms with Gasteiger partial charge in [0, 0.05) is 13.0 Å². The van der Waals surface area contributed by atoms with E-state index in [2.05, 4.69) is 5.32 Å². The van der Waals surface area contributed by atoms with Crippen LogP contribution in [-0.4, -0.2) is 59.8 Å². The molecule has 1 aromatic carbocycles. The molecule has 2 rings (SSSR count). The highest BCUT2D eigenvalue weighted by molar-refractivity contribution is 5.90. The van der Waals surface area contributed by atoms with Crippen molar-refractivity contribution in [1.82, 2.24) is 10.2 Å². The second-order valence-electron chi connectivity index (χ2n) is 6.85. The average molecular weight is 378 g/mol. The van der Waals surface area contributed by atoms with Gasteiger partial charge < -0.3 is 24.8 Å². The molecule has 1 saturated heterocycles. The Hall–Kier alpha value is -2.61. The zero-order valence-corrected chi connectivity index (χ0v) is 15.8. The van der Waals surface area contributed by atoms with E-state index in [4.69, 9.17) is 9.47 Å². The smallest absolute Gasteiger partial charge is 0.408 e. The maximum absolute atomic E-state index is 12.9. The van der Waals surface area contributed by atoms with E-state index < -0.39 is 36.2 Å². The van der Waals surface area contributed by atoms with Gasteiger partial charge in [-0.3, -0.25) is 4.79 Å². The number of rotatable bonds is 6. The molecule has 0 bridgehead atoms. The predicted octanol–water partition coefficient (Wildman–Crippen LogP) is 1.07. The molecule has 1 aromatic rings. The summed E-state index contributed by atoms with van der Waals surface area (Å²) in [5.41, 5.74) is 0.827. The van der Waals surface area contributed by atoms with Crippen LogP contribution in [0.5, 0.6) is 0 Å². The second-order valence-corrected chi connectivity index (χ2v) is 6.85. The Morgan fingerprint density at radius 1 is 1.26 bits per heavy atom. The monoisotopic (exact) mass is 378 g/mol. The zero-order valence-electron chi connectivity index (χ0n) is 15.8. The van der Waals surface area contributed by atoms with Crippen LogP contribution in [0.1, 0.15) is 25.8 Å². The van der Waals surface area contributed by atoms with Gasteiger partial charge in [0.25, 0.3) is 0 Å². The number of nitrogens with zero attached hydrogens (tertiary/aromatic N) is 1. The number of alkyl carbamates (subject to hydrolysis) is 1. The minimum atomic E-state index is -0.884. The summed E-state index contributed by atoms with van der Waals surface area (Å²) in [7, 11) is 1.23. The molecule has 1 fully saturated rings. The van der Waals surface area contributed by atoms with Crippen molar-refractivity contribution in [2.24, 2.45) is 5.92 Å². The number of carbonyl (C=O) groups excluding carboxylic acids is 3. The largest absolute Gasteiger partial charge is 0.467 e. The number of hydrogen-bond donors (Lipinski definition) is 2. The fraction of sp³-hybridized carbons (Fsp3) is 0.526. The molecule has 0 aliphatic carbocycles. The van der Waals surface area contributed by atoms with Crippen molar-refractivity contribution < 1.29 is 29.0 Å². The van der Waals surface area contributed by atoms with Crippen LogP contribution in [0, 0.1) is 5.92 Å². The zero-order chi connectivity index (χ0) is 20.0. The van der Waals surface area contributed by atoms with E-state index in [0.717, 1.165) is 5.56 Å². The first-order chi connectivity index (χ1) is 12.8. The third-order valence-electron chi connectivity index (χ3n) is 4.45. The van der Waals surface area contributed by atoms with Gasteiger partial charge in [-0.2, -0.15) is 0 Å². The standard InChI is InChI=1S/C19H26N2O6/c1-12(2)16(20-19(25)27-11-13-7-5-4-6-8-13)17(23)21-10-14(22)9-15(21)18(24)26-3/h4-8,12,14-16,22H,9-11H2,1-3H3,(H,20,25)/t14?,15-,16-/m0/s1. The molecule has 0 saturated carbocycles. The van der Waals surface area contributed by atoms with Crippen molar-refractivity contribution in [2.45, 2.75) is 45.1 Å². The number of aliphatic hydroxyl groups is 1. The lowest BCUT2D eigenvalue weighted by Gasteiger charge is -2.29. The van der Waals surface area contributed by atoms with E-state index in [-0.39, 0.29) is 25.5 Å². The maximum Gasteiger partial charge on any atom is 0.408 e. The van der Waals surface area contributed by atoms with Gasteiger partial charge in [0.2, 0.25) is 5.91 Å². The lowest BCUT2D eigenvalue weighted by atomic mass is 10.0. The van der Waals surface area contributed by atoms with E-state index >= 15 is 0 Å². The number of hydrogen-bond acceptors (Lipinski definition) is 6. The maximum atomic E-state index is 12.9. The van der Waals surface area contributed by atoms with Crippen LogP contribution in [0.2, 0.25) is 0 Å². The van der Waals surface area contributed by atoms with Crippen molar-refractivity contribution in [3.8, 4) is 0 Å². The van der Waals surface area contributed by atoms with Crippen LogP contribution in [0.3, 0.4) is 0 Å². The van der Waals surface area contributed by atoms with Crippen LogP contribution >= 0.6 is 0 Å². The molecule has 1 aliphatic rings. The van der Waals surface area contributed by atoms with Crippen LogP contribution in [0.15, 0.2) is 30.3 Å². The van der Waals surface area contributed by atoms with Crippen molar-refractivity contribution in [1.29, 1.82) is 0 Å². The Bertz CT molecular complexity index is 663. The molecule has 8 nitrogen and oxygen atoms in total. The van der Waals surface area contributed by atoms with Crippen molar-refractivity contribution >= 4 is 18.0 Å². The Morgan fingerprint density at radius 2 is 1.93 bits per heavy atom. The van der Waals surface area contributed by atoms with E-state index in [1.54, 1.807) is 13.8 Å². The van der Waals surface area contributed by atoms with Crippen molar-refractivity contribution in [2.75, 3.05) is 13.7 Å². The van der Waals surface area contributed by atoms with Crippen molar-refractivity contribution in [3.63, 3.8) is 0 Å². The van der Waals surface area contributed by atoms with Gasteiger partial charge in [0.15, 0.2) is 0 Å². The molecule has 2 amide bonds. The van der Waals surface area contributed by atoms with Crippen molar-refractivity contribution in [3.05, 3.63) is 35.9 Å². The molecule has 27 heavy (non-hydrogen) atoms. The SMILES string of the molecule is COC(=O)[C@@H]1CC(O)CN1C(=O)[C@@H](NC(=O)OCc1ccccc1)C(C)C. The quantitative estimate of drug-likeness (QED) is 0.718. The topological polar surface area (TPSA) is 105 Å². The summed E-state index contributed by atoms with van der Waals surface area (Å²) in [5, 5.41) is 12.4. The van der Waals surface area contributed by atoms with Crippen LogP contribution in [0.4, 0.5) is 4.79 Å². The van der Waals surface area contributed by atoms with Gasteiger partial charge in [0.1, 0.15) is 18.7 Å². The Kier molecular flexibility index (Phi) is 7.18. The number of carbonyl (C=O) groups is 3. The summed E-state index contributed by atoms with van der Waals surface area (Å²) in [6, 6.07) is 7.44. The van der Waals surface area contributed by atoms with Gasteiger partial charge in [-0.1, -0.05) is 44.2 Å². The predicted molar refractivity (Wildman–Crippen MR) is 96.5 cm³/mol. The van der Waals surface area contributed by atoms with Gasteiger partial charge in [-0.15, -0.1) is 0 Å². The summed E-state index contributed by atoms with van der Waals surface area (Å²) in [4.78, 5) is 38.2. The molecule has 1 unspecified atom stereocenters. The van der Waals surface area contributed by atoms with Gasteiger partial charge in [-0.25, -0.2) is 9.59 Å². The first-order valence-corrected chi connectivity index (χ1v) is 8.87. The number of amides is 2. The molecule has 3 atom stereocenters. The first kappa shape index (κ1) is 20.7. The summed E-state index contributed by atoms with van der Waals surface area (Å²) < 4.78 is 9.89. The minimum Gasteiger partial charge on any atom is -0.467 e. The Labute approximate surface area is 158 Å². The Balaban J connectivity index is 2.01. The van der Waals surface area contributed by atoms with Crippen LogP contribution in [0.25, 0.3) is 0 Å². The number of esters is 1. The number of benzene rings is 1. The third kappa shape index (κ3) is 5.43. The summed E-state index contributed by atoms with van der Waals surface area (Å²) in [6.45, 7) is 3.65. The summed E-state index contributed by atoms with van der Waals surface area (Å²) in [6.07, 6.45) is -1.42. The average Bonchev–Trinajstić information content (AvgIpc) is 3.05. The molecule has 0 radical (unpaired) electrons. The first-order valence-electron chi connectivity index (χ1n) is 8.87. The minimum absolute atomic E-state index is 0.0164. The van der Waals surface area contributed by atoms with E-state index in [9.17, 15) is 19.5 Å². The molecular formula is C19H26N2O6. The molecule has 148 valence electrons. The number of aliphatic hydroxyl groups excluding tert-OH is 1. The summed E-state index contributed by atoms with van der Waals surface area (Å²) >= 11 is 0. The fourth-order valence-electron chi connectivity index (χ4n) is 3.00. The van der Waals surface area contributed by atoms with Gasteiger partial charge in [-0.05, 0) is 11.5 Å². The van der Waals surface area contributed by atoms with Crippen LogP contribution in [-0.2, 0) is 25.7 Å². The Morgan fingerprint density at radius 3 is 2.52 bits per heavy atom. The molecule has 1 aliphatic heterocycles. The highest BCUT2D eigenvalue weighted by Crippen LogP contribution is 2.21. The molecule has 0 spiro atoms. The number of ether oxygens (including phenoxy) is 2. The van der Waals surface area contributed by atoms with E-state index in [1.165, 1.54) is 12.0 Å². The second kappa shape index (κ2) is 9.36. The third-order valence-corrected chi connectivity index (χ3v) is 4.45. The highest BCUT2D eigenvalue weighted by Gasteiger charge is 2.42. The highest BCUT2D eigenvalue weighted by atomic mass is 16.5. The lowest BCUT2D eigenvalue weighted by Crippen LogP contribution is -2.54. The number of nitrogens with one attached hydrogen (secondary N) is 1.